The van der Waals surface area contributed by atoms with Crippen LogP contribution in [0.3, 0.4) is 0 Å². The first-order valence-corrected chi connectivity index (χ1v) is 8.41. The zero-order valence-electron chi connectivity index (χ0n) is 14.0. The predicted octanol–water partition coefficient (Wildman–Crippen LogP) is 5.41. The maximum absolute atomic E-state index is 5.68. The number of ether oxygens (including phenoxy) is 3. The van der Waals surface area contributed by atoms with Gasteiger partial charge in [-0.2, -0.15) is 0 Å². The summed E-state index contributed by atoms with van der Waals surface area (Å²) >= 11 is 0. The van der Waals surface area contributed by atoms with Crippen molar-refractivity contribution in [3.05, 3.63) is 11.7 Å². The molecule has 0 aromatic carbocycles. The van der Waals surface area contributed by atoms with Gasteiger partial charge in [-0.15, -0.1) is 0 Å². The van der Waals surface area contributed by atoms with Crippen LogP contribution in [0.2, 0.25) is 0 Å². The Morgan fingerprint density at radius 1 is 0.600 bits per heavy atom. The Morgan fingerprint density at radius 3 is 1.60 bits per heavy atom. The Bertz CT molecular complexity index is 228. The van der Waals surface area contributed by atoms with Crippen LogP contribution < -0.4 is 0 Å². The molecule has 0 spiro atoms. The SMILES string of the molecule is CCCCCCCCCC(OCC)=C(OCC)OCC. The lowest BCUT2D eigenvalue weighted by atomic mass is 10.1. The van der Waals surface area contributed by atoms with Crippen LogP contribution in [-0.4, -0.2) is 19.8 Å². The van der Waals surface area contributed by atoms with Crippen LogP contribution in [0.1, 0.15) is 79.1 Å². The summed E-state index contributed by atoms with van der Waals surface area (Å²) < 4.78 is 16.8. The van der Waals surface area contributed by atoms with E-state index in [9.17, 15) is 0 Å². The molecule has 120 valence electrons. The van der Waals surface area contributed by atoms with Crippen molar-refractivity contribution in [2.45, 2.75) is 79.1 Å². The zero-order chi connectivity index (χ0) is 15.1. The van der Waals surface area contributed by atoms with E-state index in [4.69, 9.17) is 14.2 Å². The van der Waals surface area contributed by atoms with Crippen molar-refractivity contribution < 1.29 is 14.2 Å². The largest absolute Gasteiger partial charge is 0.491 e. The van der Waals surface area contributed by atoms with Crippen molar-refractivity contribution in [3.8, 4) is 0 Å². The molecule has 0 amide bonds. The number of rotatable bonds is 14. The maximum Gasteiger partial charge on any atom is 0.318 e. The molecule has 20 heavy (non-hydrogen) atoms. The van der Waals surface area contributed by atoms with Gasteiger partial charge in [0.05, 0.1) is 19.8 Å². The van der Waals surface area contributed by atoms with E-state index >= 15 is 0 Å². The third-order valence-corrected chi connectivity index (χ3v) is 3.10. The van der Waals surface area contributed by atoms with Gasteiger partial charge in [-0.25, -0.2) is 0 Å². The molecule has 0 unspecified atom stereocenters. The highest BCUT2D eigenvalue weighted by atomic mass is 16.7. The van der Waals surface area contributed by atoms with E-state index in [1.807, 2.05) is 20.8 Å². The fourth-order valence-electron chi connectivity index (χ4n) is 2.11. The molecule has 0 bridgehead atoms. The Morgan fingerprint density at radius 2 is 1.10 bits per heavy atom. The molecular weight excluding hydrogens is 252 g/mol. The second-order valence-electron chi connectivity index (χ2n) is 4.88. The van der Waals surface area contributed by atoms with E-state index in [1.54, 1.807) is 0 Å². The van der Waals surface area contributed by atoms with Gasteiger partial charge in [0.25, 0.3) is 0 Å². The van der Waals surface area contributed by atoms with E-state index in [1.165, 1.54) is 38.5 Å². The zero-order valence-corrected chi connectivity index (χ0v) is 14.0. The second kappa shape index (κ2) is 14.5. The molecule has 0 saturated carbocycles. The highest BCUT2D eigenvalue weighted by Crippen LogP contribution is 2.18. The Labute approximate surface area is 125 Å². The Kier molecular flexibility index (Phi) is 13.9. The molecule has 0 fully saturated rings. The summed E-state index contributed by atoms with van der Waals surface area (Å²) in [6, 6.07) is 0. The highest BCUT2D eigenvalue weighted by molar-refractivity contribution is 4.95. The van der Waals surface area contributed by atoms with Crippen LogP contribution in [-0.2, 0) is 14.2 Å². The molecule has 3 heteroatoms. The molecule has 0 heterocycles. The smallest absolute Gasteiger partial charge is 0.318 e. The van der Waals surface area contributed by atoms with Gasteiger partial charge in [0.15, 0.2) is 5.76 Å². The third kappa shape index (κ3) is 9.99. The number of allylic oxidation sites excluding steroid dienone is 1. The minimum absolute atomic E-state index is 0.586. The van der Waals surface area contributed by atoms with Crippen LogP contribution in [0.4, 0.5) is 0 Å². The fourth-order valence-corrected chi connectivity index (χ4v) is 2.11. The predicted molar refractivity (Wildman–Crippen MR) is 84.5 cm³/mol. The van der Waals surface area contributed by atoms with Gasteiger partial charge in [-0.05, 0) is 27.2 Å². The lowest BCUT2D eigenvalue weighted by Crippen LogP contribution is -2.05. The summed E-state index contributed by atoms with van der Waals surface area (Å²) in [6.45, 7) is 10.1. The minimum Gasteiger partial charge on any atom is -0.491 e. The molecule has 0 rings (SSSR count). The molecule has 0 N–H and O–H groups in total. The van der Waals surface area contributed by atoms with Gasteiger partial charge in [-0.3, -0.25) is 0 Å². The minimum atomic E-state index is 0.586. The van der Waals surface area contributed by atoms with Crippen LogP contribution in [0.25, 0.3) is 0 Å². The summed E-state index contributed by atoms with van der Waals surface area (Å²) in [6.07, 6.45) is 10.0. The van der Waals surface area contributed by atoms with Crippen LogP contribution in [0.5, 0.6) is 0 Å². The standard InChI is InChI=1S/C17H34O3/c1-5-9-10-11-12-13-14-15-16(18-6-2)17(19-7-3)20-8-4/h5-15H2,1-4H3. The van der Waals surface area contributed by atoms with Crippen LogP contribution in [0, 0.1) is 0 Å². The first kappa shape index (κ1) is 19.1. The second-order valence-corrected chi connectivity index (χ2v) is 4.88. The van der Waals surface area contributed by atoms with E-state index in [0.29, 0.717) is 25.8 Å². The normalized spacial score (nSPS) is 10.2. The van der Waals surface area contributed by atoms with Gasteiger partial charge in [-0.1, -0.05) is 45.4 Å². The average Bonchev–Trinajstić information content (AvgIpc) is 2.45. The van der Waals surface area contributed by atoms with Gasteiger partial charge in [0.2, 0.25) is 0 Å². The summed E-state index contributed by atoms with van der Waals surface area (Å²) in [7, 11) is 0. The molecule has 0 aliphatic heterocycles. The number of unbranched alkanes of at least 4 members (excludes halogenated alkanes) is 6. The molecule has 0 atom stereocenters. The Balaban J connectivity index is 4.07. The van der Waals surface area contributed by atoms with E-state index in [2.05, 4.69) is 6.92 Å². The van der Waals surface area contributed by atoms with Crippen molar-refractivity contribution in [2.75, 3.05) is 19.8 Å². The molecule has 0 aromatic rings. The van der Waals surface area contributed by atoms with E-state index in [-0.39, 0.29) is 0 Å². The summed E-state index contributed by atoms with van der Waals surface area (Å²) in [5, 5.41) is 0. The van der Waals surface area contributed by atoms with Gasteiger partial charge in [0, 0.05) is 6.42 Å². The average molecular weight is 286 g/mol. The molecule has 0 radical (unpaired) electrons. The number of hydrogen-bond acceptors (Lipinski definition) is 3. The molecule has 3 nitrogen and oxygen atoms in total. The van der Waals surface area contributed by atoms with Crippen LogP contribution >= 0.6 is 0 Å². The molecule has 0 saturated heterocycles. The molecule has 0 aliphatic rings. The lowest BCUT2D eigenvalue weighted by molar-refractivity contribution is 0.0202. The van der Waals surface area contributed by atoms with Gasteiger partial charge >= 0.3 is 5.95 Å². The topological polar surface area (TPSA) is 27.7 Å². The first-order valence-electron chi connectivity index (χ1n) is 8.41. The summed E-state index contributed by atoms with van der Waals surface area (Å²) in [4.78, 5) is 0. The quantitative estimate of drug-likeness (QED) is 0.316. The highest BCUT2D eigenvalue weighted by Gasteiger charge is 2.10. The van der Waals surface area contributed by atoms with Crippen LogP contribution in [0.15, 0.2) is 11.7 Å². The lowest BCUT2D eigenvalue weighted by Gasteiger charge is -2.15. The molecule has 0 aromatic heterocycles. The third-order valence-electron chi connectivity index (χ3n) is 3.10. The van der Waals surface area contributed by atoms with E-state index in [0.717, 1.165) is 18.6 Å². The van der Waals surface area contributed by atoms with Gasteiger partial charge < -0.3 is 14.2 Å². The van der Waals surface area contributed by atoms with Gasteiger partial charge in [0.1, 0.15) is 0 Å². The van der Waals surface area contributed by atoms with Crippen molar-refractivity contribution in [3.63, 3.8) is 0 Å². The number of hydrogen-bond donors (Lipinski definition) is 0. The van der Waals surface area contributed by atoms with Crippen molar-refractivity contribution in [1.82, 2.24) is 0 Å². The van der Waals surface area contributed by atoms with Crippen molar-refractivity contribution in [1.29, 1.82) is 0 Å². The summed E-state index contributed by atoms with van der Waals surface area (Å²) in [5.41, 5.74) is 0. The molecule has 0 aliphatic carbocycles. The fraction of sp³-hybridized carbons (Fsp3) is 0.882. The van der Waals surface area contributed by atoms with Crippen molar-refractivity contribution in [2.24, 2.45) is 0 Å². The van der Waals surface area contributed by atoms with Crippen molar-refractivity contribution >= 4 is 0 Å². The monoisotopic (exact) mass is 286 g/mol. The summed E-state index contributed by atoms with van der Waals surface area (Å²) in [5.74, 6) is 1.47. The molecular formula is C17H34O3. The van der Waals surface area contributed by atoms with E-state index < -0.39 is 0 Å². The Hall–Kier alpha value is -0.860. The first-order chi connectivity index (χ1) is 9.79. The maximum atomic E-state index is 5.68.